The Balaban J connectivity index is 3.70. The molecular weight excluding hydrogens is 130 g/mol. The molecule has 52 valence electrons. The standard InChI is InChI=1S/C7H13NS/c1-4-6-8-7(5-2)9-3/h5-6H,4H2,1-3H3/b7-5+,8-6-. The minimum absolute atomic E-state index is 1.01. The summed E-state index contributed by atoms with van der Waals surface area (Å²) >= 11 is 1.67. The second-order valence-corrected chi connectivity index (χ2v) is 2.38. The van der Waals surface area contributed by atoms with E-state index >= 15 is 0 Å². The van der Waals surface area contributed by atoms with Gasteiger partial charge in [-0.2, -0.15) is 0 Å². The van der Waals surface area contributed by atoms with Gasteiger partial charge < -0.3 is 0 Å². The first-order valence-corrected chi connectivity index (χ1v) is 4.30. The summed E-state index contributed by atoms with van der Waals surface area (Å²) in [4.78, 5) is 4.18. The monoisotopic (exact) mass is 143 g/mol. The Hall–Kier alpha value is -0.240. The number of aliphatic imine (C=N–C) groups is 1. The Bertz CT molecular complexity index is 116. The van der Waals surface area contributed by atoms with Gasteiger partial charge in [-0.3, -0.25) is 4.99 Å². The fourth-order valence-electron chi connectivity index (χ4n) is 0.426. The van der Waals surface area contributed by atoms with Crippen LogP contribution in [0.3, 0.4) is 0 Å². The Morgan fingerprint density at radius 1 is 1.67 bits per heavy atom. The lowest BCUT2D eigenvalue weighted by Gasteiger charge is -1.90. The first kappa shape index (κ1) is 8.76. The van der Waals surface area contributed by atoms with Crippen LogP contribution in [0.25, 0.3) is 0 Å². The molecule has 0 N–H and O–H groups in total. The zero-order valence-electron chi connectivity index (χ0n) is 6.22. The SMILES string of the molecule is C/C=C(\N=C/CC)SC. The summed E-state index contributed by atoms with van der Waals surface area (Å²) in [5.74, 6) is 0. The molecule has 0 radical (unpaired) electrons. The van der Waals surface area contributed by atoms with Crippen molar-refractivity contribution in [3.05, 3.63) is 11.1 Å². The van der Waals surface area contributed by atoms with Crippen LogP contribution in [0, 0.1) is 0 Å². The van der Waals surface area contributed by atoms with E-state index < -0.39 is 0 Å². The van der Waals surface area contributed by atoms with E-state index in [1.54, 1.807) is 11.8 Å². The summed E-state index contributed by atoms with van der Waals surface area (Å²) in [7, 11) is 0. The molecule has 0 bridgehead atoms. The molecule has 0 rings (SSSR count). The third-order valence-electron chi connectivity index (χ3n) is 0.857. The summed E-state index contributed by atoms with van der Waals surface area (Å²) in [5.41, 5.74) is 0. The fraction of sp³-hybridized carbons (Fsp3) is 0.571. The quantitative estimate of drug-likeness (QED) is 0.553. The molecule has 0 fully saturated rings. The second-order valence-electron chi connectivity index (χ2n) is 1.55. The molecule has 0 aromatic carbocycles. The molecule has 0 amide bonds. The zero-order valence-corrected chi connectivity index (χ0v) is 7.03. The van der Waals surface area contributed by atoms with Crippen molar-refractivity contribution < 1.29 is 0 Å². The maximum Gasteiger partial charge on any atom is 0.0910 e. The van der Waals surface area contributed by atoms with E-state index in [4.69, 9.17) is 0 Å². The molecule has 0 saturated carbocycles. The van der Waals surface area contributed by atoms with Crippen molar-refractivity contribution in [2.45, 2.75) is 20.3 Å². The predicted molar refractivity (Wildman–Crippen MR) is 46.1 cm³/mol. The molecule has 0 aromatic heterocycles. The lowest BCUT2D eigenvalue weighted by Crippen LogP contribution is -1.70. The molecule has 0 aliphatic carbocycles. The lowest BCUT2D eigenvalue weighted by atomic mass is 10.5. The van der Waals surface area contributed by atoms with Gasteiger partial charge in [0.2, 0.25) is 0 Å². The molecule has 1 nitrogen and oxygen atoms in total. The highest BCUT2D eigenvalue weighted by Gasteiger charge is 1.82. The summed E-state index contributed by atoms with van der Waals surface area (Å²) in [6.07, 6.45) is 6.98. The maximum atomic E-state index is 4.18. The molecule has 0 atom stereocenters. The summed E-state index contributed by atoms with van der Waals surface area (Å²) in [6.45, 7) is 4.08. The van der Waals surface area contributed by atoms with Crippen molar-refractivity contribution in [1.29, 1.82) is 0 Å². The minimum Gasteiger partial charge on any atom is -0.255 e. The van der Waals surface area contributed by atoms with E-state index in [1.165, 1.54) is 0 Å². The number of hydrogen-bond acceptors (Lipinski definition) is 2. The Kier molecular flexibility index (Phi) is 5.73. The van der Waals surface area contributed by atoms with Crippen molar-refractivity contribution >= 4 is 18.0 Å². The van der Waals surface area contributed by atoms with E-state index in [-0.39, 0.29) is 0 Å². The molecule has 0 heterocycles. The molecule has 2 heteroatoms. The summed E-state index contributed by atoms with van der Waals surface area (Å²) in [6, 6.07) is 0. The van der Waals surface area contributed by atoms with Gasteiger partial charge in [-0.1, -0.05) is 13.0 Å². The molecule has 0 spiro atoms. The van der Waals surface area contributed by atoms with Gasteiger partial charge in [-0.15, -0.1) is 11.8 Å². The van der Waals surface area contributed by atoms with Crippen LogP contribution in [-0.4, -0.2) is 12.5 Å². The third-order valence-corrected chi connectivity index (χ3v) is 1.62. The normalized spacial score (nSPS) is 13.0. The van der Waals surface area contributed by atoms with E-state index in [0.717, 1.165) is 11.4 Å². The highest BCUT2D eigenvalue weighted by atomic mass is 32.2. The van der Waals surface area contributed by atoms with Crippen LogP contribution in [0.5, 0.6) is 0 Å². The average molecular weight is 143 g/mol. The van der Waals surface area contributed by atoms with Crippen molar-refractivity contribution in [1.82, 2.24) is 0 Å². The van der Waals surface area contributed by atoms with E-state index in [0.29, 0.717) is 0 Å². The molecule has 9 heavy (non-hydrogen) atoms. The topological polar surface area (TPSA) is 12.4 Å². The van der Waals surface area contributed by atoms with E-state index in [9.17, 15) is 0 Å². The van der Waals surface area contributed by atoms with Gasteiger partial charge in [0.1, 0.15) is 0 Å². The molecular formula is C7H13NS. The van der Waals surface area contributed by atoms with Gasteiger partial charge >= 0.3 is 0 Å². The van der Waals surface area contributed by atoms with Gasteiger partial charge in [0, 0.05) is 6.21 Å². The van der Waals surface area contributed by atoms with Crippen LogP contribution in [0.1, 0.15) is 20.3 Å². The lowest BCUT2D eigenvalue weighted by molar-refractivity contribution is 1.30. The second kappa shape index (κ2) is 5.89. The van der Waals surface area contributed by atoms with Crippen LogP contribution in [0.2, 0.25) is 0 Å². The molecule has 0 aliphatic heterocycles. The smallest absolute Gasteiger partial charge is 0.0910 e. The van der Waals surface area contributed by atoms with Gasteiger partial charge in [0.15, 0.2) is 0 Å². The number of allylic oxidation sites excluding steroid dienone is 1. The largest absolute Gasteiger partial charge is 0.255 e. The van der Waals surface area contributed by atoms with Crippen LogP contribution in [0.4, 0.5) is 0 Å². The van der Waals surface area contributed by atoms with Crippen molar-refractivity contribution in [3.8, 4) is 0 Å². The Morgan fingerprint density at radius 2 is 2.33 bits per heavy atom. The van der Waals surface area contributed by atoms with Crippen molar-refractivity contribution in [3.63, 3.8) is 0 Å². The number of thioether (sulfide) groups is 1. The van der Waals surface area contributed by atoms with Gasteiger partial charge in [0.05, 0.1) is 5.03 Å². The number of nitrogens with zero attached hydrogens (tertiary/aromatic N) is 1. The van der Waals surface area contributed by atoms with Gasteiger partial charge in [0.25, 0.3) is 0 Å². The Labute approximate surface area is 61.3 Å². The maximum absolute atomic E-state index is 4.18. The fourth-order valence-corrected chi connectivity index (χ4v) is 0.842. The van der Waals surface area contributed by atoms with Crippen LogP contribution >= 0.6 is 11.8 Å². The number of hydrogen-bond donors (Lipinski definition) is 0. The molecule has 0 aromatic rings. The zero-order chi connectivity index (χ0) is 7.11. The van der Waals surface area contributed by atoms with E-state index in [2.05, 4.69) is 11.9 Å². The van der Waals surface area contributed by atoms with Crippen molar-refractivity contribution in [2.75, 3.05) is 6.26 Å². The number of rotatable bonds is 3. The van der Waals surface area contributed by atoms with Gasteiger partial charge in [-0.05, 0) is 19.6 Å². The average Bonchev–Trinajstić information content (AvgIpc) is 1.91. The minimum atomic E-state index is 1.01. The molecule has 0 unspecified atom stereocenters. The summed E-state index contributed by atoms with van der Waals surface area (Å²) in [5, 5.41) is 1.09. The van der Waals surface area contributed by atoms with E-state index in [1.807, 2.05) is 25.5 Å². The summed E-state index contributed by atoms with van der Waals surface area (Å²) < 4.78 is 0. The van der Waals surface area contributed by atoms with Crippen LogP contribution in [-0.2, 0) is 0 Å². The third kappa shape index (κ3) is 4.28. The molecule has 0 aliphatic rings. The highest BCUT2D eigenvalue weighted by molar-refractivity contribution is 8.02. The van der Waals surface area contributed by atoms with Crippen LogP contribution < -0.4 is 0 Å². The predicted octanol–water partition coefficient (Wildman–Crippen LogP) is 2.69. The van der Waals surface area contributed by atoms with Crippen LogP contribution in [0.15, 0.2) is 16.1 Å². The highest BCUT2D eigenvalue weighted by Crippen LogP contribution is 2.10. The first-order chi connectivity index (χ1) is 4.35. The first-order valence-electron chi connectivity index (χ1n) is 3.08. The van der Waals surface area contributed by atoms with Gasteiger partial charge in [-0.25, -0.2) is 0 Å². The molecule has 0 saturated heterocycles. The Morgan fingerprint density at radius 3 is 2.67 bits per heavy atom. The van der Waals surface area contributed by atoms with Crippen molar-refractivity contribution in [2.24, 2.45) is 4.99 Å².